The van der Waals surface area contributed by atoms with Crippen molar-refractivity contribution in [2.24, 2.45) is 5.41 Å². The number of aliphatic hydroxyl groups excluding tert-OH is 1. The Morgan fingerprint density at radius 3 is 2.76 bits per heavy atom. The van der Waals surface area contributed by atoms with Gasteiger partial charge in [-0.1, -0.05) is 32.4 Å². The lowest BCUT2D eigenvalue weighted by Crippen LogP contribution is -2.44. The van der Waals surface area contributed by atoms with Gasteiger partial charge in [0.05, 0.1) is 5.02 Å². The molecule has 0 bridgehead atoms. The molecule has 0 radical (unpaired) electrons. The van der Waals surface area contributed by atoms with E-state index in [1.54, 1.807) is 12.1 Å². The molecule has 0 aliphatic carbocycles. The SMILES string of the molecule is CC(C)(C)C(CCO)NC(=O)c1cc(Cl)c2c(c1)OCO2. The number of benzene rings is 1. The minimum absolute atomic E-state index is 0.0180. The summed E-state index contributed by atoms with van der Waals surface area (Å²) < 4.78 is 10.5. The van der Waals surface area contributed by atoms with Crippen molar-refractivity contribution in [3.63, 3.8) is 0 Å². The molecule has 21 heavy (non-hydrogen) atoms. The first-order valence-electron chi connectivity index (χ1n) is 6.84. The fraction of sp³-hybridized carbons (Fsp3) is 0.533. The van der Waals surface area contributed by atoms with E-state index in [1.165, 1.54) is 0 Å². The predicted octanol–water partition coefficient (Wildman–Crippen LogP) is 2.60. The molecule has 2 rings (SSSR count). The van der Waals surface area contributed by atoms with Crippen LogP contribution in [0.3, 0.4) is 0 Å². The summed E-state index contributed by atoms with van der Waals surface area (Å²) in [6.45, 7) is 6.17. The lowest BCUT2D eigenvalue weighted by Gasteiger charge is -2.31. The van der Waals surface area contributed by atoms with Crippen molar-refractivity contribution in [3.05, 3.63) is 22.7 Å². The molecule has 0 saturated carbocycles. The second-order valence-electron chi connectivity index (χ2n) is 6.10. The van der Waals surface area contributed by atoms with Crippen LogP contribution in [0.5, 0.6) is 11.5 Å². The van der Waals surface area contributed by atoms with Crippen LogP contribution in [0.15, 0.2) is 12.1 Å². The third-order valence-corrected chi connectivity index (χ3v) is 3.74. The number of nitrogens with one attached hydrogen (secondary N) is 1. The molecule has 116 valence electrons. The van der Waals surface area contributed by atoms with E-state index in [-0.39, 0.29) is 30.8 Å². The predicted molar refractivity (Wildman–Crippen MR) is 80.0 cm³/mol. The summed E-state index contributed by atoms with van der Waals surface area (Å²) in [6.07, 6.45) is 0.494. The fourth-order valence-corrected chi connectivity index (χ4v) is 2.46. The maximum Gasteiger partial charge on any atom is 0.251 e. The van der Waals surface area contributed by atoms with Crippen LogP contribution in [0, 0.1) is 5.41 Å². The van der Waals surface area contributed by atoms with E-state index in [2.05, 4.69) is 5.32 Å². The molecule has 1 aromatic rings. The molecule has 1 unspecified atom stereocenters. The minimum atomic E-state index is -0.247. The van der Waals surface area contributed by atoms with Gasteiger partial charge in [0.2, 0.25) is 6.79 Å². The number of hydrogen-bond acceptors (Lipinski definition) is 4. The highest BCUT2D eigenvalue weighted by Crippen LogP contribution is 2.39. The number of carbonyl (C=O) groups excluding carboxylic acids is 1. The van der Waals surface area contributed by atoms with Gasteiger partial charge in [-0.25, -0.2) is 0 Å². The highest BCUT2D eigenvalue weighted by Gasteiger charge is 2.27. The number of fused-ring (bicyclic) bond motifs is 1. The molecular weight excluding hydrogens is 294 g/mol. The monoisotopic (exact) mass is 313 g/mol. The van der Waals surface area contributed by atoms with Crippen LogP contribution < -0.4 is 14.8 Å². The molecule has 2 N–H and O–H groups in total. The van der Waals surface area contributed by atoms with Gasteiger partial charge in [-0.15, -0.1) is 0 Å². The van der Waals surface area contributed by atoms with Crippen molar-refractivity contribution < 1.29 is 19.4 Å². The summed E-state index contributed by atoms with van der Waals surface area (Å²) in [6, 6.07) is 3.03. The molecule has 1 amide bonds. The normalized spacial score (nSPS) is 14.9. The zero-order valence-electron chi connectivity index (χ0n) is 12.4. The molecule has 0 spiro atoms. The lowest BCUT2D eigenvalue weighted by molar-refractivity contribution is 0.0884. The van der Waals surface area contributed by atoms with Crippen LogP contribution in [0.1, 0.15) is 37.6 Å². The number of amides is 1. The van der Waals surface area contributed by atoms with Gasteiger partial charge in [0, 0.05) is 18.2 Å². The van der Waals surface area contributed by atoms with Crippen molar-refractivity contribution in [2.45, 2.75) is 33.2 Å². The van der Waals surface area contributed by atoms with Crippen LogP contribution >= 0.6 is 11.6 Å². The van der Waals surface area contributed by atoms with Gasteiger partial charge in [-0.2, -0.15) is 0 Å². The van der Waals surface area contributed by atoms with E-state index < -0.39 is 0 Å². The number of carbonyl (C=O) groups is 1. The van der Waals surface area contributed by atoms with Crippen molar-refractivity contribution >= 4 is 17.5 Å². The summed E-state index contributed by atoms with van der Waals surface area (Å²) in [5, 5.41) is 12.4. The van der Waals surface area contributed by atoms with Crippen molar-refractivity contribution in [1.29, 1.82) is 0 Å². The van der Waals surface area contributed by atoms with Gasteiger partial charge in [-0.05, 0) is 24.0 Å². The molecule has 0 aromatic heterocycles. The number of aliphatic hydroxyl groups is 1. The first-order valence-corrected chi connectivity index (χ1v) is 7.21. The smallest absolute Gasteiger partial charge is 0.251 e. The molecule has 1 atom stereocenters. The molecule has 5 nitrogen and oxygen atoms in total. The van der Waals surface area contributed by atoms with Crippen LogP contribution in [0.25, 0.3) is 0 Å². The Balaban J connectivity index is 2.18. The fourth-order valence-electron chi connectivity index (χ4n) is 2.19. The Kier molecular flexibility index (Phi) is 4.64. The quantitative estimate of drug-likeness (QED) is 0.896. The van der Waals surface area contributed by atoms with E-state index in [1.807, 2.05) is 20.8 Å². The van der Waals surface area contributed by atoms with Crippen molar-refractivity contribution in [1.82, 2.24) is 5.32 Å². The summed E-state index contributed by atoms with van der Waals surface area (Å²) in [5.74, 6) is 0.696. The first-order chi connectivity index (χ1) is 9.82. The van der Waals surface area contributed by atoms with E-state index in [0.717, 1.165) is 0 Å². The van der Waals surface area contributed by atoms with Gasteiger partial charge in [0.1, 0.15) is 0 Å². The van der Waals surface area contributed by atoms with E-state index in [4.69, 9.17) is 26.2 Å². The number of ether oxygens (including phenoxy) is 2. The molecule has 0 saturated heterocycles. The number of rotatable bonds is 4. The van der Waals surface area contributed by atoms with E-state index in [9.17, 15) is 4.79 Å². The van der Waals surface area contributed by atoms with Crippen molar-refractivity contribution in [2.75, 3.05) is 13.4 Å². The second-order valence-corrected chi connectivity index (χ2v) is 6.50. The van der Waals surface area contributed by atoms with Crippen LogP contribution in [-0.2, 0) is 0 Å². The van der Waals surface area contributed by atoms with Gasteiger partial charge in [0.25, 0.3) is 5.91 Å². The van der Waals surface area contributed by atoms with Crippen LogP contribution in [-0.4, -0.2) is 30.5 Å². The average Bonchev–Trinajstić information content (AvgIpc) is 2.85. The first kappa shape index (κ1) is 15.9. The molecule has 1 aliphatic rings. The molecule has 6 heteroatoms. The lowest BCUT2D eigenvalue weighted by atomic mass is 9.84. The molecule has 1 aromatic carbocycles. The second kappa shape index (κ2) is 6.12. The Hall–Kier alpha value is -1.46. The maximum absolute atomic E-state index is 12.4. The Morgan fingerprint density at radius 2 is 2.14 bits per heavy atom. The third kappa shape index (κ3) is 3.60. The Bertz CT molecular complexity index is 539. The highest BCUT2D eigenvalue weighted by molar-refractivity contribution is 6.32. The van der Waals surface area contributed by atoms with E-state index in [0.29, 0.717) is 28.5 Å². The van der Waals surface area contributed by atoms with Crippen molar-refractivity contribution in [3.8, 4) is 11.5 Å². The summed E-state index contributed by atoms with van der Waals surface area (Å²) in [5.41, 5.74) is 0.259. The summed E-state index contributed by atoms with van der Waals surface area (Å²) in [4.78, 5) is 12.4. The maximum atomic E-state index is 12.4. The molecular formula is C15H20ClNO4. The molecule has 0 fully saturated rings. The highest BCUT2D eigenvalue weighted by atomic mass is 35.5. The topological polar surface area (TPSA) is 67.8 Å². The average molecular weight is 314 g/mol. The van der Waals surface area contributed by atoms with Crippen LogP contribution in [0.2, 0.25) is 5.02 Å². The van der Waals surface area contributed by atoms with Gasteiger partial charge >= 0.3 is 0 Å². The third-order valence-electron chi connectivity index (χ3n) is 3.46. The zero-order chi connectivity index (χ0) is 15.6. The van der Waals surface area contributed by atoms with Crippen LogP contribution in [0.4, 0.5) is 0 Å². The standard InChI is InChI=1S/C15H20ClNO4/c1-15(2,3)12(4-5-18)17-14(19)9-6-10(16)13-11(7-9)20-8-21-13/h6-7,12,18H,4-5,8H2,1-3H3,(H,17,19). The molecule has 1 heterocycles. The summed E-state index contributed by atoms with van der Waals surface area (Å²) >= 11 is 6.08. The summed E-state index contributed by atoms with van der Waals surface area (Å²) in [7, 11) is 0. The Labute approximate surface area is 129 Å². The number of hydrogen-bond donors (Lipinski definition) is 2. The zero-order valence-corrected chi connectivity index (χ0v) is 13.2. The minimum Gasteiger partial charge on any atom is -0.454 e. The van der Waals surface area contributed by atoms with Gasteiger partial charge < -0.3 is 19.9 Å². The largest absolute Gasteiger partial charge is 0.454 e. The van der Waals surface area contributed by atoms with E-state index >= 15 is 0 Å². The number of halogens is 1. The van der Waals surface area contributed by atoms with Gasteiger partial charge in [0.15, 0.2) is 11.5 Å². The molecule has 1 aliphatic heterocycles. The van der Waals surface area contributed by atoms with Gasteiger partial charge in [-0.3, -0.25) is 4.79 Å². The Morgan fingerprint density at radius 1 is 1.43 bits per heavy atom.